The van der Waals surface area contributed by atoms with E-state index in [0.29, 0.717) is 0 Å². The first-order valence-corrected chi connectivity index (χ1v) is 5.89. The summed E-state index contributed by atoms with van der Waals surface area (Å²) in [5.74, 6) is -3.91. The van der Waals surface area contributed by atoms with Gasteiger partial charge in [-0.15, -0.1) is 0 Å². The van der Waals surface area contributed by atoms with Crippen LogP contribution in [-0.4, -0.2) is 49.5 Å². The minimum atomic E-state index is -5.19. The number of alkyl halides is 3. The van der Waals surface area contributed by atoms with Crippen molar-refractivity contribution in [2.24, 2.45) is 0 Å². The van der Waals surface area contributed by atoms with E-state index in [2.05, 4.69) is 15.8 Å². The van der Waals surface area contributed by atoms with Crippen molar-refractivity contribution in [1.82, 2.24) is 5.32 Å². The van der Waals surface area contributed by atoms with Crippen LogP contribution in [0.4, 0.5) is 13.2 Å². The van der Waals surface area contributed by atoms with Gasteiger partial charge in [0.15, 0.2) is 11.8 Å². The highest BCUT2D eigenvalue weighted by atomic mass is 19.4. The van der Waals surface area contributed by atoms with Crippen molar-refractivity contribution < 1.29 is 47.9 Å². The summed E-state index contributed by atoms with van der Waals surface area (Å²) in [6.45, 7) is 1.57. The quantitative estimate of drug-likeness (QED) is 0.518. The highest BCUT2D eigenvalue weighted by molar-refractivity contribution is 5.89. The summed E-state index contributed by atoms with van der Waals surface area (Å²) in [5.41, 5.74) is 3.51. The van der Waals surface area contributed by atoms with E-state index in [4.69, 9.17) is 9.90 Å². The molecule has 0 aliphatic heterocycles. The predicted octanol–water partition coefficient (Wildman–Crippen LogP) is -2.45. The summed E-state index contributed by atoms with van der Waals surface area (Å²) in [4.78, 5) is 41.6. The van der Waals surface area contributed by atoms with Crippen LogP contribution in [0.25, 0.3) is 0 Å². The zero-order valence-electron chi connectivity index (χ0n) is 12.0. The van der Waals surface area contributed by atoms with Crippen LogP contribution in [0.1, 0.15) is 19.8 Å². The summed E-state index contributed by atoms with van der Waals surface area (Å²) in [6.07, 6.45) is -5.07. The monoisotopic (exact) mass is 330 g/mol. The Kier molecular flexibility index (Phi) is 10.6. The van der Waals surface area contributed by atoms with Crippen molar-refractivity contribution >= 4 is 23.6 Å². The molecule has 0 rings (SSSR count). The molecule has 128 valence electrons. The number of nitrogens with one attached hydrogen (secondary N) is 1. The van der Waals surface area contributed by atoms with Gasteiger partial charge in [0.2, 0.25) is 0 Å². The molecule has 0 fully saturated rings. The van der Waals surface area contributed by atoms with Crippen molar-refractivity contribution in [2.45, 2.75) is 32.0 Å². The van der Waals surface area contributed by atoms with Crippen molar-refractivity contribution in [3.63, 3.8) is 0 Å². The fourth-order valence-corrected chi connectivity index (χ4v) is 0.792. The average molecular weight is 330 g/mol. The molecule has 0 aromatic carbocycles. The van der Waals surface area contributed by atoms with E-state index in [1.54, 1.807) is 6.92 Å². The average Bonchev–Trinajstić information content (AvgIpc) is 2.41. The van der Waals surface area contributed by atoms with Gasteiger partial charge in [-0.1, -0.05) is 0 Å². The van der Waals surface area contributed by atoms with E-state index < -0.39 is 24.2 Å². The molecular formula is C11H17F3N2O6. The van der Waals surface area contributed by atoms with Crippen LogP contribution in [-0.2, 0) is 23.9 Å². The van der Waals surface area contributed by atoms with Crippen molar-refractivity contribution in [3.8, 4) is 0 Å². The molecular weight excluding hydrogens is 313 g/mol. The Morgan fingerprint density at radius 2 is 1.68 bits per heavy atom. The third-order valence-electron chi connectivity index (χ3n) is 1.97. The van der Waals surface area contributed by atoms with Gasteiger partial charge in [-0.05, 0) is 6.92 Å². The molecule has 0 aliphatic carbocycles. The SMILES string of the molecule is COC(=O)CCC(=O)CNC(=O)[C@H](C)[NH3+].O=C([O-])C(F)(F)F. The maximum Gasteiger partial charge on any atom is 0.430 e. The number of rotatable bonds is 6. The molecule has 22 heavy (non-hydrogen) atoms. The largest absolute Gasteiger partial charge is 0.542 e. The molecule has 0 aromatic heterocycles. The second-order valence-corrected chi connectivity index (χ2v) is 4.02. The number of halogens is 3. The standard InChI is InChI=1S/C9H16N2O4.C2HF3O2/c1-6(10)9(14)11-5-7(12)3-4-8(13)15-2;3-2(4,5)1(6)7/h6H,3-5,10H2,1-2H3,(H,11,14);(H,6,7)/t6-;/m0./s1. The number of carboxylic acid groups (broad SMARTS) is 1. The molecule has 4 N–H and O–H groups in total. The highest BCUT2D eigenvalue weighted by Crippen LogP contribution is 2.11. The van der Waals surface area contributed by atoms with Crippen LogP contribution in [0.2, 0.25) is 0 Å². The van der Waals surface area contributed by atoms with Crippen LogP contribution in [0.15, 0.2) is 0 Å². The Labute approximate surface area is 123 Å². The lowest BCUT2D eigenvalue weighted by molar-refractivity contribution is -0.398. The number of Topliss-reactive ketones (excluding diaryl/α,β-unsaturated/α-hetero) is 1. The lowest BCUT2D eigenvalue weighted by Crippen LogP contribution is -2.66. The first-order valence-electron chi connectivity index (χ1n) is 5.89. The van der Waals surface area contributed by atoms with Crippen molar-refractivity contribution in [3.05, 3.63) is 0 Å². The van der Waals surface area contributed by atoms with Crippen LogP contribution >= 0.6 is 0 Å². The molecule has 8 nitrogen and oxygen atoms in total. The van der Waals surface area contributed by atoms with Gasteiger partial charge in [0.25, 0.3) is 5.91 Å². The number of ketones is 1. The maximum atomic E-state index is 11.1. The Morgan fingerprint density at radius 3 is 2.00 bits per heavy atom. The van der Waals surface area contributed by atoms with E-state index >= 15 is 0 Å². The van der Waals surface area contributed by atoms with Gasteiger partial charge >= 0.3 is 12.1 Å². The molecule has 0 aliphatic rings. The van der Waals surface area contributed by atoms with Gasteiger partial charge in [-0.3, -0.25) is 14.4 Å². The van der Waals surface area contributed by atoms with Crippen molar-refractivity contribution in [2.75, 3.05) is 13.7 Å². The summed E-state index contributed by atoms with van der Waals surface area (Å²) in [6, 6.07) is -0.390. The smallest absolute Gasteiger partial charge is 0.430 e. The summed E-state index contributed by atoms with van der Waals surface area (Å²) >= 11 is 0. The normalized spacial score (nSPS) is 11.5. The van der Waals surface area contributed by atoms with Gasteiger partial charge in [0.05, 0.1) is 20.1 Å². The molecule has 0 saturated heterocycles. The number of aliphatic carboxylic acids is 1. The number of carboxylic acids is 1. The third-order valence-corrected chi connectivity index (χ3v) is 1.97. The number of amides is 1. The first kappa shape index (κ1) is 22.1. The summed E-state index contributed by atoms with van der Waals surface area (Å²) in [7, 11) is 1.26. The Balaban J connectivity index is 0. The molecule has 0 saturated carbocycles. The second kappa shape index (κ2) is 10.5. The van der Waals surface area contributed by atoms with Crippen LogP contribution in [0, 0.1) is 0 Å². The number of ether oxygens (including phenoxy) is 1. The number of esters is 1. The van der Waals surface area contributed by atoms with Crippen LogP contribution in [0.3, 0.4) is 0 Å². The number of quaternary nitrogens is 1. The summed E-state index contributed by atoms with van der Waals surface area (Å²) in [5, 5.41) is 11.2. The highest BCUT2D eigenvalue weighted by Gasteiger charge is 2.28. The molecule has 0 bridgehead atoms. The minimum Gasteiger partial charge on any atom is -0.542 e. The topological polar surface area (TPSA) is 140 Å². The maximum absolute atomic E-state index is 11.1. The second-order valence-electron chi connectivity index (χ2n) is 4.02. The first-order chi connectivity index (χ1) is 9.91. The third kappa shape index (κ3) is 12.8. The molecule has 0 aromatic rings. The van der Waals surface area contributed by atoms with E-state index in [1.807, 2.05) is 0 Å². The van der Waals surface area contributed by atoms with Gasteiger partial charge in [-0.2, -0.15) is 13.2 Å². The molecule has 0 heterocycles. The van der Waals surface area contributed by atoms with Gasteiger partial charge < -0.3 is 25.7 Å². The van der Waals surface area contributed by atoms with E-state index in [1.165, 1.54) is 7.11 Å². The van der Waals surface area contributed by atoms with Crippen LogP contribution < -0.4 is 16.2 Å². The van der Waals surface area contributed by atoms with E-state index in [0.717, 1.165) is 0 Å². The fraction of sp³-hybridized carbons (Fsp3) is 0.636. The number of carbonyl (C=O) groups excluding carboxylic acids is 4. The van der Waals surface area contributed by atoms with Crippen molar-refractivity contribution in [1.29, 1.82) is 0 Å². The Bertz CT molecular complexity index is 409. The van der Waals surface area contributed by atoms with Gasteiger partial charge in [0.1, 0.15) is 5.97 Å². The zero-order valence-corrected chi connectivity index (χ0v) is 12.0. The predicted molar refractivity (Wildman–Crippen MR) is 62.7 cm³/mol. The molecule has 0 spiro atoms. The molecule has 11 heteroatoms. The summed E-state index contributed by atoms with van der Waals surface area (Å²) < 4.78 is 35.9. The fourth-order valence-electron chi connectivity index (χ4n) is 0.792. The molecule has 1 amide bonds. The van der Waals surface area contributed by atoms with E-state index in [9.17, 15) is 27.6 Å². The number of hydrogen-bond acceptors (Lipinski definition) is 6. The lowest BCUT2D eigenvalue weighted by Gasteiger charge is -2.04. The zero-order chi connectivity index (χ0) is 17.9. The molecule has 1 atom stereocenters. The van der Waals surface area contributed by atoms with E-state index in [-0.39, 0.29) is 31.1 Å². The van der Waals surface area contributed by atoms with Gasteiger partial charge in [0, 0.05) is 6.42 Å². The van der Waals surface area contributed by atoms with Crippen LogP contribution in [0.5, 0.6) is 0 Å². The number of hydrogen-bond donors (Lipinski definition) is 2. The molecule has 0 radical (unpaired) electrons. The molecule has 0 unspecified atom stereocenters. The Morgan fingerprint density at radius 1 is 1.23 bits per heavy atom. The van der Waals surface area contributed by atoms with Gasteiger partial charge in [-0.25, -0.2) is 0 Å². The lowest BCUT2D eigenvalue weighted by atomic mass is 10.2. The Hall–Kier alpha value is -2.17. The number of methoxy groups -OCH3 is 1. The number of carbonyl (C=O) groups is 4. The minimum absolute atomic E-state index is 0.0468.